The number of allylic oxidation sites excluding steroid dienone is 8. The summed E-state index contributed by atoms with van der Waals surface area (Å²) in [5.41, 5.74) is 5.11. The third-order valence-corrected chi connectivity index (χ3v) is 23.5. The van der Waals surface area contributed by atoms with E-state index in [4.69, 9.17) is 8.83 Å². The van der Waals surface area contributed by atoms with Crippen LogP contribution >= 0.6 is 12.4 Å². The van der Waals surface area contributed by atoms with E-state index >= 15 is 0 Å². The zero-order chi connectivity index (χ0) is 20.0. The molecule has 2 heterocycles. The maximum atomic E-state index is 5.90. The van der Waals surface area contributed by atoms with E-state index in [0.29, 0.717) is 11.8 Å². The van der Waals surface area contributed by atoms with Crippen LogP contribution in [0, 0.1) is 11.8 Å². The van der Waals surface area contributed by atoms with Crippen LogP contribution in [0.4, 0.5) is 0 Å². The van der Waals surface area contributed by atoms with Crippen LogP contribution < -0.4 is 0 Å². The molecule has 0 amide bonds. The molecule has 0 aliphatic heterocycles. The molecule has 152 valence electrons. The van der Waals surface area contributed by atoms with Crippen molar-refractivity contribution >= 4 is 29.0 Å². The minimum Gasteiger partial charge on any atom is -0.147 e. The van der Waals surface area contributed by atoms with Gasteiger partial charge in [-0.25, -0.2) is 0 Å². The number of rotatable bonds is 4. The molecule has 0 saturated carbocycles. The number of furan rings is 2. The second kappa shape index (κ2) is 8.96. The summed E-state index contributed by atoms with van der Waals surface area (Å²) in [5, 5.41) is 0. The van der Waals surface area contributed by atoms with E-state index in [1.54, 1.807) is 19.1 Å². The van der Waals surface area contributed by atoms with Crippen LogP contribution in [0.5, 0.6) is 0 Å². The molecular formula is C24H29ClO2SiZr. The van der Waals surface area contributed by atoms with Gasteiger partial charge in [-0.05, 0) is 0 Å². The molecule has 0 aromatic carbocycles. The fourth-order valence-corrected chi connectivity index (χ4v) is 24.2. The van der Waals surface area contributed by atoms with E-state index < -0.39 is 25.8 Å². The second-order valence-corrected chi connectivity index (χ2v) is 25.0. The molecule has 0 fully saturated rings. The van der Waals surface area contributed by atoms with Gasteiger partial charge in [0.1, 0.15) is 0 Å². The van der Waals surface area contributed by atoms with Gasteiger partial charge in [0.15, 0.2) is 0 Å². The maximum Gasteiger partial charge on any atom is -0.147 e. The Labute approximate surface area is 188 Å². The van der Waals surface area contributed by atoms with E-state index in [1.807, 2.05) is 12.1 Å². The Hall–Kier alpha value is -1.09. The Morgan fingerprint density at radius 3 is 1.52 bits per heavy atom. The normalized spacial score (nSPS) is 21.3. The molecule has 2 unspecified atom stereocenters. The van der Waals surface area contributed by atoms with E-state index in [9.17, 15) is 0 Å². The summed E-state index contributed by atoms with van der Waals surface area (Å²) < 4.78 is 15.3. The molecule has 4 rings (SSSR count). The van der Waals surface area contributed by atoms with Gasteiger partial charge in [-0.15, -0.1) is 12.4 Å². The predicted molar refractivity (Wildman–Crippen MR) is 122 cm³/mol. The fraction of sp³-hybridized carbons (Fsp3) is 0.333. The van der Waals surface area contributed by atoms with E-state index in [2.05, 4.69) is 65.1 Å². The van der Waals surface area contributed by atoms with Crippen LogP contribution in [-0.2, 0) is 20.4 Å². The minimum absolute atomic E-state index is 0. The molecule has 0 bridgehead atoms. The molecule has 2 aromatic heterocycles. The monoisotopic (exact) mass is 502 g/mol. The molecule has 5 heteroatoms. The summed E-state index contributed by atoms with van der Waals surface area (Å²) >= 11 is -2.13. The molecule has 0 spiro atoms. The first-order valence-electron chi connectivity index (χ1n) is 10.0. The van der Waals surface area contributed by atoms with Crippen molar-refractivity contribution in [1.82, 2.24) is 0 Å². The molecule has 2 aliphatic carbocycles. The molecule has 2 nitrogen and oxygen atoms in total. The Kier molecular flexibility index (Phi) is 6.98. The van der Waals surface area contributed by atoms with Crippen molar-refractivity contribution in [3.8, 4) is 0 Å². The van der Waals surface area contributed by atoms with Crippen molar-refractivity contribution in [3.63, 3.8) is 0 Å². The first-order chi connectivity index (χ1) is 13.4. The molecule has 2 atom stereocenters. The molecular weight excluding hydrogens is 475 g/mol. The standard InChI is InChI=1S/2C11H11O.C2H6Si.ClH.Zr/c2*1-8-6-9(2)10(7-8)11-4-3-5-12-11;1-3-2;;/h2*3-6,8H,1-2H3;1-2H3;1H;. The van der Waals surface area contributed by atoms with Gasteiger partial charge in [-0.2, -0.15) is 0 Å². The third-order valence-electron chi connectivity index (χ3n) is 5.81. The summed E-state index contributed by atoms with van der Waals surface area (Å²) in [6, 6.07) is 8.29. The Balaban J connectivity index is 0.00000240. The second-order valence-electron chi connectivity index (χ2n) is 8.18. The van der Waals surface area contributed by atoms with Gasteiger partial charge in [-0.3, -0.25) is 0 Å². The van der Waals surface area contributed by atoms with Gasteiger partial charge >= 0.3 is 177 Å². The Morgan fingerprint density at radius 2 is 1.21 bits per heavy atom. The Bertz CT molecular complexity index is 982. The number of hydrogen-bond donors (Lipinski definition) is 0. The Morgan fingerprint density at radius 1 is 0.793 bits per heavy atom. The number of hydrogen-bond acceptors (Lipinski definition) is 2. The van der Waals surface area contributed by atoms with Gasteiger partial charge in [0, 0.05) is 0 Å². The van der Waals surface area contributed by atoms with Crippen LogP contribution in [0.15, 0.2) is 75.5 Å². The van der Waals surface area contributed by atoms with Crippen LogP contribution in [-0.4, -0.2) is 5.43 Å². The van der Waals surface area contributed by atoms with Crippen LogP contribution in [0.1, 0.15) is 39.2 Å². The number of halogens is 1. The SMILES string of the molecule is CC1=CC(C)[C]([Zr]([C]2=C(c3ccco3)C(C)=CC2C)=[Si](C)C)=C1c1ccco1.Cl. The van der Waals surface area contributed by atoms with Gasteiger partial charge < -0.3 is 0 Å². The summed E-state index contributed by atoms with van der Waals surface area (Å²) in [4.78, 5) is 0. The zero-order valence-electron chi connectivity index (χ0n) is 18.0. The van der Waals surface area contributed by atoms with Crippen molar-refractivity contribution < 1.29 is 29.2 Å². The predicted octanol–water partition coefficient (Wildman–Crippen LogP) is 7.48. The van der Waals surface area contributed by atoms with Crippen LogP contribution in [0.3, 0.4) is 0 Å². The van der Waals surface area contributed by atoms with Crippen molar-refractivity contribution in [1.29, 1.82) is 0 Å². The summed E-state index contributed by atoms with van der Waals surface area (Å²) in [5.74, 6) is 3.11. The van der Waals surface area contributed by atoms with Crippen molar-refractivity contribution in [3.05, 3.63) is 78.2 Å². The zero-order valence-corrected chi connectivity index (χ0v) is 22.3. The topological polar surface area (TPSA) is 26.3 Å². The van der Waals surface area contributed by atoms with Gasteiger partial charge in [0.25, 0.3) is 0 Å². The molecule has 0 radical (unpaired) electrons. The largest absolute Gasteiger partial charge is 0.147 e. The van der Waals surface area contributed by atoms with Gasteiger partial charge in [0.2, 0.25) is 0 Å². The third kappa shape index (κ3) is 3.96. The summed E-state index contributed by atoms with van der Waals surface area (Å²) in [6.07, 6.45) is 8.51. The smallest absolute Gasteiger partial charge is 0.147 e. The first kappa shape index (κ1) is 22.6. The van der Waals surface area contributed by atoms with Crippen LogP contribution in [0.2, 0.25) is 13.1 Å². The van der Waals surface area contributed by atoms with Crippen LogP contribution in [0.25, 0.3) is 11.1 Å². The molecule has 0 saturated heterocycles. The van der Waals surface area contributed by atoms with E-state index in [1.165, 1.54) is 22.3 Å². The van der Waals surface area contributed by atoms with E-state index in [-0.39, 0.29) is 12.4 Å². The average Bonchev–Trinajstić information content (AvgIpc) is 3.38. The average molecular weight is 504 g/mol. The molecule has 2 aromatic rings. The van der Waals surface area contributed by atoms with Gasteiger partial charge in [0.05, 0.1) is 0 Å². The van der Waals surface area contributed by atoms with E-state index in [0.717, 1.165) is 11.5 Å². The summed E-state index contributed by atoms with van der Waals surface area (Å²) in [6.45, 7) is 14.3. The maximum absolute atomic E-state index is 5.90. The molecule has 2 aliphatic rings. The van der Waals surface area contributed by atoms with Crippen molar-refractivity contribution in [2.24, 2.45) is 11.8 Å². The fourth-order valence-electron chi connectivity index (χ4n) is 4.85. The quantitative estimate of drug-likeness (QED) is 0.404. The summed E-state index contributed by atoms with van der Waals surface area (Å²) in [7, 11) is 0. The molecule has 0 N–H and O–H groups in total. The van der Waals surface area contributed by atoms with Gasteiger partial charge in [-0.1, -0.05) is 0 Å². The minimum atomic E-state index is -2.13. The molecule has 29 heavy (non-hydrogen) atoms. The first-order valence-corrected chi connectivity index (χ1v) is 18.7. The van der Waals surface area contributed by atoms with Crippen molar-refractivity contribution in [2.45, 2.75) is 40.8 Å². The van der Waals surface area contributed by atoms with Crippen molar-refractivity contribution in [2.75, 3.05) is 0 Å².